The fourth-order valence-corrected chi connectivity index (χ4v) is 2.21. The molecule has 0 N–H and O–H groups in total. The van der Waals surface area contributed by atoms with Crippen molar-refractivity contribution in [1.82, 2.24) is 9.55 Å². The minimum absolute atomic E-state index is 0.120. The smallest absolute Gasteiger partial charge is 0.356 e. The van der Waals surface area contributed by atoms with Crippen LogP contribution in [0.2, 0.25) is 0 Å². The van der Waals surface area contributed by atoms with E-state index < -0.39 is 0 Å². The van der Waals surface area contributed by atoms with E-state index in [1.165, 1.54) is 6.20 Å². The number of aromatic nitrogens is 2. The lowest BCUT2D eigenvalue weighted by molar-refractivity contribution is 0.0512. The van der Waals surface area contributed by atoms with Crippen LogP contribution in [-0.4, -0.2) is 36.3 Å². The first-order chi connectivity index (χ1) is 10.6. The van der Waals surface area contributed by atoms with Crippen LogP contribution >= 0.6 is 0 Å². The molecule has 0 aliphatic rings. The van der Waals surface area contributed by atoms with Gasteiger partial charge >= 0.3 is 5.97 Å². The minimum Gasteiger partial charge on any atom is -0.497 e. The van der Waals surface area contributed by atoms with E-state index in [2.05, 4.69) is 4.98 Å². The van der Waals surface area contributed by atoms with Crippen LogP contribution in [0.25, 0.3) is 0 Å². The molecule has 2 aromatic rings. The lowest BCUT2D eigenvalue weighted by Crippen LogP contribution is -2.15. The van der Waals surface area contributed by atoms with Gasteiger partial charge in [0.05, 0.1) is 39.4 Å². The lowest BCUT2D eigenvalue weighted by Gasteiger charge is -2.18. The topological polar surface area (TPSA) is 62.6 Å². The predicted molar refractivity (Wildman–Crippen MR) is 81.5 cm³/mol. The van der Waals surface area contributed by atoms with Crippen LogP contribution < -0.4 is 9.47 Å². The molecule has 1 atom stereocenters. The molecule has 6 heteroatoms. The Morgan fingerprint density at radius 2 is 1.86 bits per heavy atom. The molecule has 0 fully saturated rings. The molecule has 0 radical (unpaired) electrons. The van der Waals surface area contributed by atoms with Gasteiger partial charge in [-0.05, 0) is 31.5 Å². The number of esters is 1. The fourth-order valence-electron chi connectivity index (χ4n) is 2.21. The second-order valence-corrected chi connectivity index (χ2v) is 4.73. The third kappa shape index (κ3) is 3.21. The average Bonchev–Trinajstić information content (AvgIpc) is 3.03. The molecule has 1 aromatic carbocycles. The van der Waals surface area contributed by atoms with Gasteiger partial charge in [-0.25, -0.2) is 9.78 Å². The monoisotopic (exact) mass is 304 g/mol. The number of rotatable bonds is 6. The summed E-state index contributed by atoms with van der Waals surface area (Å²) in [4.78, 5) is 16.0. The third-order valence-corrected chi connectivity index (χ3v) is 3.42. The van der Waals surface area contributed by atoms with Crippen molar-refractivity contribution in [2.75, 3.05) is 20.8 Å². The number of benzene rings is 1. The molecule has 1 aromatic heterocycles. The summed E-state index contributed by atoms with van der Waals surface area (Å²) < 4.78 is 17.4. The largest absolute Gasteiger partial charge is 0.497 e. The van der Waals surface area contributed by atoms with Gasteiger partial charge in [-0.3, -0.25) is 0 Å². The van der Waals surface area contributed by atoms with Crippen molar-refractivity contribution in [2.24, 2.45) is 0 Å². The Hall–Kier alpha value is -2.50. The summed E-state index contributed by atoms with van der Waals surface area (Å²) in [5, 5.41) is 0. The molecular weight excluding hydrogens is 284 g/mol. The van der Waals surface area contributed by atoms with Crippen LogP contribution in [0, 0.1) is 0 Å². The molecule has 0 saturated carbocycles. The number of carbonyl (C=O) groups excluding carboxylic acids is 1. The SMILES string of the molecule is CCOC(=O)c1cncn1C(C)c1cc(OC)cc(OC)c1. The first kappa shape index (κ1) is 15.9. The molecule has 1 heterocycles. The second kappa shape index (κ2) is 6.98. The van der Waals surface area contributed by atoms with Gasteiger partial charge in [-0.1, -0.05) is 0 Å². The van der Waals surface area contributed by atoms with Crippen LogP contribution in [0.15, 0.2) is 30.7 Å². The molecular formula is C16H20N2O4. The van der Waals surface area contributed by atoms with Crippen molar-refractivity contribution in [1.29, 1.82) is 0 Å². The molecule has 0 saturated heterocycles. The highest BCUT2D eigenvalue weighted by molar-refractivity contribution is 5.87. The van der Waals surface area contributed by atoms with Gasteiger partial charge in [0.15, 0.2) is 0 Å². The molecule has 0 aliphatic heterocycles. The van der Waals surface area contributed by atoms with Crippen molar-refractivity contribution >= 4 is 5.97 Å². The molecule has 0 aliphatic carbocycles. The normalized spacial score (nSPS) is 11.8. The Morgan fingerprint density at radius 1 is 1.23 bits per heavy atom. The van der Waals surface area contributed by atoms with E-state index in [0.29, 0.717) is 23.8 Å². The van der Waals surface area contributed by atoms with Crippen molar-refractivity contribution in [3.63, 3.8) is 0 Å². The van der Waals surface area contributed by atoms with Crippen LogP contribution in [0.5, 0.6) is 11.5 Å². The summed E-state index contributed by atoms with van der Waals surface area (Å²) in [6.07, 6.45) is 3.12. The zero-order chi connectivity index (χ0) is 16.1. The van der Waals surface area contributed by atoms with Gasteiger partial charge in [0.1, 0.15) is 17.2 Å². The number of nitrogens with zero attached hydrogens (tertiary/aromatic N) is 2. The number of ether oxygens (including phenoxy) is 3. The van der Waals surface area contributed by atoms with Crippen molar-refractivity contribution < 1.29 is 19.0 Å². The van der Waals surface area contributed by atoms with E-state index in [1.807, 2.05) is 19.1 Å². The fraction of sp³-hybridized carbons (Fsp3) is 0.375. The highest BCUT2D eigenvalue weighted by atomic mass is 16.5. The number of hydrogen-bond acceptors (Lipinski definition) is 5. The summed E-state index contributed by atoms with van der Waals surface area (Å²) in [6.45, 7) is 4.07. The number of methoxy groups -OCH3 is 2. The first-order valence-corrected chi connectivity index (χ1v) is 7.02. The number of carbonyl (C=O) groups is 1. The lowest BCUT2D eigenvalue weighted by atomic mass is 10.1. The second-order valence-electron chi connectivity index (χ2n) is 4.73. The van der Waals surface area contributed by atoms with Gasteiger partial charge in [-0.2, -0.15) is 0 Å². The molecule has 0 bridgehead atoms. The summed E-state index contributed by atoms with van der Waals surface area (Å²) in [7, 11) is 3.20. The van der Waals surface area contributed by atoms with Crippen molar-refractivity contribution in [3.05, 3.63) is 42.0 Å². The molecule has 2 rings (SSSR count). The average molecular weight is 304 g/mol. The Morgan fingerprint density at radius 3 is 2.41 bits per heavy atom. The maximum atomic E-state index is 12.0. The van der Waals surface area contributed by atoms with Gasteiger partial charge in [-0.15, -0.1) is 0 Å². The summed E-state index contributed by atoms with van der Waals surface area (Å²) in [5.74, 6) is 1.000. The summed E-state index contributed by atoms with van der Waals surface area (Å²) in [6, 6.07) is 5.49. The van der Waals surface area contributed by atoms with E-state index in [-0.39, 0.29) is 12.0 Å². The van der Waals surface area contributed by atoms with Crippen LogP contribution in [0.3, 0.4) is 0 Å². The highest BCUT2D eigenvalue weighted by Crippen LogP contribution is 2.29. The quantitative estimate of drug-likeness (QED) is 0.768. The van der Waals surface area contributed by atoms with Gasteiger partial charge in [0, 0.05) is 6.07 Å². The van der Waals surface area contributed by atoms with Gasteiger partial charge in [0.2, 0.25) is 0 Å². The molecule has 6 nitrogen and oxygen atoms in total. The summed E-state index contributed by atoms with van der Waals surface area (Å²) in [5.41, 5.74) is 1.36. The molecule has 22 heavy (non-hydrogen) atoms. The standard InChI is InChI=1S/C16H20N2O4/c1-5-22-16(19)15-9-17-10-18(15)11(2)12-6-13(20-3)8-14(7-12)21-4/h6-11H,5H2,1-4H3. The zero-order valence-electron chi connectivity index (χ0n) is 13.2. The Balaban J connectivity index is 2.38. The maximum Gasteiger partial charge on any atom is 0.356 e. The Kier molecular flexibility index (Phi) is 5.04. The van der Waals surface area contributed by atoms with E-state index in [9.17, 15) is 4.79 Å². The highest BCUT2D eigenvalue weighted by Gasteiger charge is 2.19. The summed E-state index contributed by atoms with van der Waals surface area (Å²) >= 11 is 0. The van der Waals surface area contributed by atoms with Gasteiger partial charge in [0.25, 0.3) is 0 Å². The number of imidazole rings is 1. The van der Waals surface area contributed by atoms with E-state index in [4.69, 9.17) is 14.2 Å². The van der Waals surface area contributed by atoms with E-state index >= 15 is 0 Å². The first-order valence-electron chi connectivity index (χ1n) is 7.02. The molecule has 0 spiro atoms. The van der Waals surface area contributed by atoms with Crippen LogP contribution in [-0.2, 0) is 4.74 Å². The van der Waals surface area contributed by atoms with Gasteiger partial charge < -0.3 is 18.8 Å². The van der Waals surface area contributed by atoms with Crippen molar-refractivity contribution in [2.45, 2.75) is 19.9 Å². The Labute approximate surface area is 129 Å². The molecule has 0 amide bonds. The van der Waals surface area contributed by atoms with E-state index in [0.717, 1.165) is 5.56 Å². The predicted octanol–water partition coefficient (Wildman–Crippen LogP) is 2.69. The number of hydrogen-bond donors (Lipinski definition) is 0. The zero-order valence-corrected chi connectivity index (χ0v) is 13.2. The van der Waals surface area contributed by atoms with Crippen LogP contribution in [0.4, 0.5) is 0 Å². The van der Waals surface area contributed by atoms with Crippen LogP contribution in [0.1, 0.15) is 35.9 Å². The maximum absolute atomic E-state index is 12.0. The Bertz CT molecular complexity index is 629. The van der Waals surface area contributed by atoms with E-state index in [1.54, 1.807) is 38.1 Å². The molecule has 1 unspecified atom stereocenters. The third-order valence-electron chi connectivity index (χ3n) is 3.42. The minimum atomic E-state index is -0.387. The van der Waals surface area contributed by atoms with Crippen molar-refractivity contribution in [3.8, 4) is 11.5 Å². The molecule has 118 valence electrons.